The molecule has 0 heterocycles. The van der Waals surface area contributed by atoms with Crippen LogP contribution in [0.5, 0.6) is 11.5 Å². The molecule has 0 aliphatic heterocycles. The number of amides is 1. The Labute approximate surface area is 136 Å². The van der Waals surface area contributed by atoms with Gasteiger partial charge in [-0.15, -0.1) is 0 Å². The molecule has 0 radical (unpaired) electrons. The van der Waals surface area contributed by atoms with Crippen LogP contribution in [0.2, 0.25) is 0 Å². The predicted octanol–water partition coefficient (Wildman–Crippen LogP) is 2.49. The molecular weight excluding hydrogens is 298 g/mol. The van der Waals surface area contributed by atoms with Crippen LogP contribution < -0.4 is 14.8 Å². The standard InChI is InChI=1S/C17H23NO5/c1-4-6-12(17(20)21)11-18-16(19)14-8-7-13(22-3)10-15(14)23-9-5-2/h5,7-8,10,12H,2,4,6,9,11H2,1,3H3,(H,18,19)(H,20,21). The number of benzene rings is 1. The van der Waals surface area contributed by atoms with Gasteiger partial charge in [0.2, 0.25) is 0 Å². The largest absolute Gasteiger partial charge is 0.497 e. The number of aliphatic carboxylic acids is 1. The second-order valence-corrected chi connectivity index (χ2v) is 5.00. The Morgan fingerprint density at radius 1 is 1.43 bits per heavy atom. The van der Waals surface area contributed by atoms with E-state index in [1.807, 2.05) is 6.92 Å². The van der Waals surface area contributed by atoms with Gasteiger partial charge in [-0.1, -0.05) is 26.0 Å². The van der Waals surface area contributed by atoms with Crippen LogP contribution in [0.4, 0.5) is 0 Å². The summed E-state index contributed by atoms with van der Waals surface area (Å²) in [5.74, 6) is -0.960. The molecule has 1 unspecified atom stereocenters. The number of rotatable bonds is 10. The lowest BCUT2D eigenvalue weighted by molar-refractivity contribution is -0.141. The van der Waals surface area contributed by atoms with Gasteiger partial charge in [-0.3, -0.25) is 9.59 Å². The van der Waals surface area contributed by atoms with E-state index < -0.39 is 11.9 Å². The van der Waals surface area contributed by atoms with Crippen LogP contribution in [0.25, 0.3) is 0 Å². The van der Waals surface area contributed by atoms with Gasteiger partial charge < -0.3 is 19.9 Å². The Balaban J connectivity index is 2.85. The Morgan fingerprint density at radius 3 is 2.74 bits per heavy atom. The zero-order valence-electron chi connectivity index (χ0n) is 13.5. The summed E-state index contributed by atoms with van der Waals surface area (Å²) in [6.07, 6.45) is 2.82. The first-order chi connectivity index (χ1) is 11.0. The third kappa shape index (κ3) is 5.65. The number of carboxylic acids is 1. The summed E-state index contributed by atoms with van der Waals surface area (Å²) < 4.78 is 10.6. The minimum atomic E-state index is -0.912. The fourth-order valence-electron chi connectivity index (χ4n) is 2.06. The summed E-state index contributed by atoms with van der Waals surface area (Å²) in [6, 6.07) is 4.84. The number of ether oxygens (including phenoxy) is 2. The molecule has 0 fully saturated rings. The average Bonchev–Trinajstić information content (AvgIpc) is 2.55. The van der Waals surface area contributed by atoms with Crippen molar-refractivity contribution in [2.75, 3.05) is 20.3 Å². The zero-order chi connectivity index (χ0) is 17.2. The smallest absolute Gasteiger partial charge is 0.308 e. The number of hydrogen-bond donors (Lipinski definition) is 2. The third-order valence-electron chi connectivity index (χ3n) is 3.29. The van der Waals surface area contributed by atoms with Crippen molar-refractivity contribution in [1.29, 1.82) is 0 Å². The molecule has 1 aromatic carbocycles. The summed E-state index contributed by atoms with van der Waals surface area (Å²) in [7, 11) is 1.52. The molecule has 0 saturated carbocycles. The predicted molar refractivity (Wildman–Crippen MR) is 87.1 cm³/mol. The van der Waals surface area contributed by atoms with Crippen molar-refractivity contribution >= 4 is 11.9 Å². The maximum absolute atomic E-state index is 12.3. The fraction of sp³-hybridized carbons (Fsp3) is 0.412. The fourth-order valence-corrected chi connectivity index (χ4v) is 2.06. The van der Waals surface area contributed by atoms with E-state index in [9.17, 15) is 9.59 Å². The Kier molecular flexibility index (Phi) is 7.66. The van der Waals surface area contributed by atoms with E-state index in [2.05, 4.69) is 11.9 Å². The number of carbonyl (C=O) groups is 2. The van der Waals surface area contributed by atoms with Crippen molar-refractivity contribution in [3.05, 3.63) is 36.4 Å². The number of methoxy groups -OCH3 is 1. The van der Waals surface area contributed by atoms with E-state index in [1.54, 1.807) is 24.3 Å². The molecule has 1 atom stereocenters. The molecule has 0 aromatic heterocycles. The lowest BCUT2D eigenvalue weighted by Crippen LogP contribution is -2.33. The molecular formula is C17H23NO5. The number of carbonyl (C=O) groups excluding carboxylic acids is 1. The second kappa shape index (κ2) is 9.50. The van der Waals surface area contributed by atoms with Crippen LogP contribution in [-0.2, 0) is 4.79 Å². The molecule has 23 heavy (non-hydrogen) atoms. The lowest BCUT2D eigenvalue weighted by Gasteiger charge is -2.15. The summed E-state index contributed by atoms with van der Waals surface area (Å²) >= 11 is 0. The number of nitrogens with one attached hydrogen (secondary N) is 1. The van der Waals surface area contributed by atoms with Gasteiger partial charge >= 0.3 is 5.97 Å². The lowest BCUT2D eigenvalue weighted by atomic mass is 10.0. The van der Waals surface area contributed by atoms with Crippen molar-refractivity contribution in [1.82, 2.24) is 5.32 Å². The van der Waals surface area contributed by atoms with Gasteiger partial charge in [-0.05, 0) is 18.6 Å². The van der Waals surface area contributed by atoms with Crippen molar-refractivity contribution in [3.8, 4) is 11.5 Å². The van der Waals surface area contributed by atoms with E-state index in [-0.39, 0.29) is 19.1 Å². The molecule has 0 spiro atoms. The van der Waals surface area contributed by atoms with E-state index in [0.29, 0.717) is 23.5 Å². The highest BCUT2D eigenvalue weighted by atomic mass is 16.5. The quantitative estimate of drug-likeness (QED) is 0.647. The van der Waals surface area contributed by atoms with Gasteiger partial charge in [0.25, 0.3) is 5.91 Å². The van der Waals surface area contributed by atoms with Crippen LogP contribution in [0.15, 0.2) is 30.9 Å². The van der Waals surface area contributed by atoms with E-state index in [0.717, 1.165) is 6.42 Å². The first kappa shape index (κ1) is 18.5. The van der Waals surface area contributed by atoms with Gasteiger partial charge in [-0.25, -0.2) is 0 Å². The molecule has 1 amide bonds. The number of carboxylic acid groups (broad SMARTS) is 1. The molecule has 6 heteroatoms. The van der Waals surface area contributed by atoms with Gasteiger partial charge in [0.1, 0.15) is 18.1 Å². The molecule has 2 N–H and O–H groups in total. The topological polar surface area (TPSA) is 84.9 Å². The van der Waals surface area contributed by atoms with Crippen LogP contribution in [0.1, 0.15) is 30.1 Å². The van der Waals surface area contributed by atoms with Gasteiger partial charge in [0.05, 0.1) is 18.6 Å². The van der Waals surface area contributed by atoms with Gasteiger partial charge in [0, 0.05) is 12.6 Å². The molecule has 1 aromatic rings. The molecule has 0 bridgehead atoms. The Hall–Kier alpha value is -2.50. The average molecular weight is 321 g/mol. The highest BCUT2D eigenvalue weighted by Crippen LogP contribution is 2.25. The zero-order valence-corrected chi connectivity index (χ0v) is 13.5. The Morgan fingerprint density at radius 2 is 2.17 bits per heavy atom. The molecule has 6 nitrogen and oxygen atoms in total. The maximum atomic E-state index is 12.3. The van der Waals surface area contributed by atoms with Crippen LogP contribution in [0.3, 0.4) is 0 Å². The maximum Gasteiger partial charge on any atom is 0.308 e. The molecule has 126 valence electrons. The summed E-state index contributed by atoms with van der Waals surface area (Å²) in [5, 5.41) is 11.8. The second-order valence-electron chi connectivity index (χ2n) is 5.00. The molecule has 0 saturated heterocycles. The van der Waals surface area contributed by atoms with Crippen LogP contribution >= 0.6 is 0 Å². The molecule has 1 rings (SSSR count). The van der Waals surface area contributed by atoms with Crippen LogP contribution in [0, 0.1) is 5.92 Å². The van der Waals surface area contributed by atoms with Crippen LogP contribution in [-0.4, -0.2) is 37.2 Å². The monoisotopic (exact) mass is 321 g/mol. The minimum Gasteiger partial charge on any atom is -0.497 e. The van der Waals surface area contributed by atoms with Gasteiger partial charge in [0.15, 0.2) is 0 Å². The normalized spacial score (nSPS) is 11.4. The number of hydrogen-bond acceptors (Lipinski definition) is 4. The SMILES string of the molecule is C=CCOc1cc(OC)ccc1C(=O)NCC(CCC)C(=O)O. The molecule has 0 aliphatic rings. The summed E-state index contributed by atoms with van der Waals surface area (Å²) in [5.41, 5.74) is 0.327. The van der Waals surface area contributed by atoms with E-state index >= 15 is 0 Å². The van der Waals surface area contributed by atoms with Crippen molar-refractivity contribution in [3.63, 3.8) is 0 Å². The highest BCUT2D eigenvalue weighted by molar-refractivity contribution is 5.97. The van der Waals surface area contributed by atoms with Crippen molar-refractivity contribution < 1.29 is 24.2 Å². The van der Waals surface area contributed by atoms with Crippen molar-refractivity contribution in [2.24, 2.45) is 5.92 Å². The highest BCUT2D eigenvalue weighted by Gasteiger charge is 2.19. The summed E-state index contributed by atoms with van der Waals surface area (Å²) in [6.45, 7) is 5.80. The van der Waals surface area contributed by atoms with E-state index in [4.69, 9.17) is 14.6 Å². The first-order valence-corrected chi connectivity index (χ1v) is 7.46. The Bertz CT molecular complexity index is 556. The van der Waals surface area contributed by atoms with Gasteiger partial charge in [-0.2, -0.15) is 0 Å². The minimum absolute atomic E-state index is 0.0783. The van der Waals surface area contributed by atoms with Crippen molar-refractivity contribution in [2.45, 2.75) is 19.8 Å². The summed E-state index contributed by atoms with van der Waals surface area (Å²) in [4.78, 5) is 23.4. The molecule has 0 aliphatic carbocycles. The third-order valence-corrected chi connectivity index (χ3v) is 3.29. The first-order valence-electron chi connectivity index (χ1n) is 7.46. The van der Waals surface area contributed by atoms with E-state index in [1.165, 1.54) is 7.11 Å².